The molecule has 0 amide bonds. The fourth-order valence-corrected chi connectivity index (χ4v) is 1.37. The van der Waals surface area contributed by atoms with Crippen molar-refractivity contribution in [2.75, 3.05) is 12.9 Å². The van der Waals surface area contributed by atoms with E-state index in [1.54, 1.807) is 0 Å². The number of thioether (sulfide) groups is 1. The van der Waals surface area contributed by atoms with E-state index in [-0.39, 0.29) is 5.82 Å². The molecule has 0 aliphatic carbocycles. The molecule has 12 heavy (non-hydrogen) atoms. The van der Waals surface area contributed by atoms with Crippen LogP contribution in [0.25, 0.3) is 0 Å². The summed E-state index contributed by atoms with van der Waals surface area (Å²) in [6, 6.07) is 4.72. The van der Waals surface area contributed by atoms with Crippen LogP contribution in [0, 0.1) is 5.82 Å². The molecular formula is C9H11FOS. The number of hydrogen-bond acceptors (Lipinski definition) is 2. The van der Waals surface area contributed by atoms with Gasteiger partial charge in [0.1, 0.15) is 11.6 Å². The highest BCUT2D eigenvalue weighted by atomic mass is 32.2. The largest absolute Gasteiger partial charge is 0.494 e. The van der Waals surface area contributed by atoms with Crippen LogP contribution in [0.2, 0.25) is 0 Å². The van der Waals surface area contributed by atoms with Gasteiger partial charge in [-0.15, -0.1) is 11.8 Å². The van der Waals surface area contributed by atoms with E-state index in [2.05, 4.69) is 0 Å². The lowest BCUT2D eigenvalue weighted by Gasteiger charge is -2.04. The Bertz CT molecular complexity index is 263. The third-order valence-corrected chi connectivity index (χ3v) is 2.10. The average Bonchev–Trinajstić information content (AvgIpc) is 2.04. The van der Waals surface area contributed by atoms with E-state index in [0.29, 0.717) is 12.4 Å². The standard InChI is InChI=1S/C9H11FOS/c1-3-11-8-4-7(10)5-9(6-8)12-2/h4-6H,3H2,1-2H3. The Morgan fingerprint density at radius 1 is 1.42 bits per heavy atom. The summed E-state index contributed by atoms with van der Waals surface area (Å²) < 4.78 is 18.0. The lowest BCUT2D eigenvalue weighted by molar-refractivity contribution is 0.337. The lowest BCUT2D eigenvalue weighted by Crippen LogP contribution is -1.92. The molecule has 0 aliphatic rings. The van der Waals surface area contributed by atoms with E-state index in [1.165, 1.54) is 23.9 Å². The van der Waals surface area contributed by atoms with Gasteiger partial charge in [0.25, 0.3) is 0 Å². The average molecular weight is 186 g/mol. The third kappa shape index (κ3) is 2.41. The van der Waals surface area contributed by atoms with Crippen molar-refractivity contribution in [1.29, 1.82) is 0 Å². The van der Waals surface area contributed by atoms with E-state index in [4.69, 9.17) is 4.74 Å². The molecule has 0 atom stereocenters. The molecule has 0 unspecified atom stereocenters. The Morgan fingerprint density at radius 3 is 2.75 bits per heavy atom. The van der Waals surface area contributed by atoms with Gasteiger partial charge in [-0.25, -0.2) is 4.39 Å². The molecule has 0 N–H and O–H groups in total. The van der Waals surface area contributed by atoms with Crippen LogP contribution in [-0.2, 0) is 0 Å². The molecular weight excluding hydrogens is 175 g/mol. The quantitative estimate of drug-likeness (QED) is 0.671. The Labute approximate surface area is 75.9 Å². The predicted octanol–water partition coefficient (Wildman–Crippen LogP) is 2.95. The first-order chi connectivity index (χ1) is 5.76. The minimum Gasteiger partial charge on any atom is -0.494 e. The molecule has 66 valence electrons. The smallest absolute Gasteiger partial charge is 0.128 e. The van der Waals surface area contributed by atoms with Gasteiger partial charge in [0.05, 0.1) is 6.61 Å². The highest BCUT2D eigenvalue weighted by Crippen LogP contribution is 2.22. The fraction of sp³-hybridized carbons (Fsp3) is 0.333. The van der Waals surface area contributed by atoms with Crippen molar-refractivity contribution in [2.45, 2.75) is 11.8 Å². The van der Waals surface area contributed by atoms with Crippen LogP contribution < -0.4 is 4.74 Å². The molecule has 0 heterocycles. The lowest BCUT2D eigenvalue weighted by atomic mass is 10.3. The highest BCUT2D eigenvalue weighted by molar-refractivity contribution is 7.98. The Balaban J connectivity index is 2.90. The summed E-state index contributed by atoms with van der Waals surface area (Å²) in [5.41, 5.74) is 0. The Hall–Kier alpha value is -0.700. The van der Waals surface area contributed by atoms with E-state index < -0.39 is 0 Å². The van der Waals surface area contributed by atoms with Crippen LogP contribution in [-0.4, -0.2) is 12.9 Å². The van der Waals surface area contributed by atoms with Gasteiger partial charge in [-0.3, -0.25) is 0 Å². The maximum Gasteiger partial charge on any atom is 0.128 e. The maximum atomic E-state index is 12.8. The van der Waals surface area contributed by atoms with E-state index in [1.807, 2.05) is 19.2 Å². The van der Waals surface area contributed by atoms with Gasteiger partial charge in [0.2, 0.25) is 0 Å². The Kier molecular flexibility index (Phi) is 3.41. The molecule has 1 nitrogen and oxygen atoms in total. The van der Waals surface area contributed by atoms with Crippen LogP contribution in [0.3, 0.4) is 0 Å². The molecule has 0 saturated carbocycles. The molecule has 1 aromatic rings. The maximum absolute atomic E-state index is 12.8. The molecule has 1 rings (SSSR count). The summed E-state index contributed by atoms with van der Waals surface area (Å²) in [5, 5.41) is 0. The van der Waals surface area contributed by atoms with Crippen LogP contribution in [0.5, 0.6) is 5.75 Å². The predicted molar refractivity (Wildman–Crippen MR) is 49.4 cm³/mol. The second-order valence-corrected chi connectivity index (χ2v) is 3.14. The van der Waals surface area contributed by atoms with Crippen molar-refractivity contribution in [3.63, 3.8) is 0 Å². The molecule has 0 spiro atoms. The van der Waals surface area contributed by atoms with Gasteiger partial charge in [-0.2, -0.15) is 0 Å². The summed E-state index contributed by atoms with van der Waals surface area (Å²) in [4.78, 5) is 0.887. The van der Waals surface area contributed by atoms with Crippen molar-refractivity contribution in [3.8, 4) is 5.75 Å². The minimum absolute atomic E-state index is 0.245. The van der Waals surface area contributed by atoms with Crippen molar-refractivity contribution in [2.24, 2.45) is 0 Å². The monoisotopic (exact) mass is 186 g/mol. The minimum atomic E-state index is -0.245. The molecule has 0 aliphatic heterocycles. The summed E-state index contributed by atoms with van der Waals surface area (Å²) in [6.45, 7) is 2.45. The first-order valence-corrected chi connectivity index (χ1v) is 4.96. The van der Waals surface area contributed by atoms with Crippen LogP contribution in [0.15, 0.2) is 23.1 Å². The van der Waals surface area contributed by atoms with Gasteiger partial charge in [0.15, 0.2) is 0 Å². The fourth-order valence-electron chi connectivity index (χ4n) is 0.905. The second kappa shape index (κ2) is 4.36. The molecule has 0 aromatic heterocycles. The van der Waals surface area contributed by atoms with Crippen LogP contribution >= 0.6 is 11.8 Å². The summed E-state index contributed by atoms with van der Waals surface area (Å²) in [7, 11) is 0. The van der Waals surface area contributed by atoms with E-state index in [0.717, 1.165) is 4.90 Å². The van der Waals surface area contributed by atoms with Gasteiger partial charge in [0, 0.05) is 11.0 Å². The van der Waals surface area contributed by atoms with Crippen molar-refractivity contribution in [1.82, 2.24) is 0 Å². The zero-order valence-corrected chi connectivity index (χ0v) is 7.95. The zero-order chi connectivity index (χ0) is 8.97. The third-order valence-electron chi connectivity index (χ3n) is 1.39. The van der Waals surface area contributed by atoms with Gasteiger partial charge >= 0.3 is 0 Å². The van der Waals surface area contributed by atoms with E-state index >= 15 is 0 Å². The highest BCUT2D eigenvalue weighted by Gasteiger charge is 1.99. The number of ether oxygens (including phenoxy) is 1. The number of rotatable bonds is 3. The summed E-state index contributed by atoms with van der Waals surface area (Å²) in [6.07, 6.45) is 1.91. The number of benzene rings is 1. The first kappa shape index (κ1) is 9.39. The molecule has 0 saturated heterocycles. The molecule has 0 fully saturated rings. The molecule has 0 bridgehead atoms. The van der Waals surface area contributed by atoms with E-state index in [9.17, 15) is 4.39 Å². The first-order valence-electron chi connectivity index (χ1n) is 3.73. The molecule has 3 heteroatoms. The van der Waals surface area contributed by atoms with Crippen LogP contribution in [0.4, 0.5) is 4.39 Å². The van der Waals surface area contributed by atoms with Crippen molar-refractivity contribution < 1.29 is 9.13 Å². The molecule has 1 aromatic carbocycles. The zero-order valence-electron chi connectivity index (χ0n) is 7.13. The summed E-state index contributed by atoms with van der Waals surface area (Å²) >= 11 is 1.50. The normalized spacial score (nSPS) is 9.92. The van der Waals surface area contributed by atoms with Crippen LogP contribution in [0.1, 0.15) is 6.92 Å². The Morgan fingerprint density at radius 2 is 2.17 bits per heavy atom. The SMILES string of the molecule is CCOc1cc(F)cc(SC)c1. The summed E-state index contributed by atoms with van der Waals surface area (Å²) in [5.74, 6) is 0.354. The van der Waals surface area contributed by atoms with Gasteiger partial charge in [-0.1, -0.05) is 0 Å². The number of hydrogen-bond donors (Lipinski definition) is 0. The second-order valence-electron chi connectivity index (χ2n) is 2.26. The number of halogens is 1. The van der Waals surface area contributed by atoms with Gasteiger partial charge in [-0.05, 0) is 25.3 Å². The molecule has 0 radical (unpaired) electrons. The van der Waals surface area contributed by atoms with Crippen molar-refractivity contribution in [3.05, 3.63) is 24.0 Å². The van der Waals surface area contributed by atoms with Gasteiger partial charge < -0.3 is 4.74 Å². The topological polar surface area (TPSA) is 9.23 Å². The van der Waals surface area contributed by atoms with Crippen molar-refractivity contribution >= 4 is 11.8 Å².